The number of anilines is 2. The van der Waals surface area contributed by atoms with Gasteiger partial charge in [0.2, 0.25) is 0 Å². The van der Waals surface area contributed by atoms with Gasteiger partial charge in [0.1, 0.15) is 23.5 Å². The van der Waals surface area contributed by atoms with Gasteiger partial charge in [0, 0.05) is 30.1 Å². The van der Waals surface area contributed by atoms with Gasteiger partial charge >= 0.3 is 22.8 Å². The van der Waals surface area contributed by atoms with Crippen LogP contribution in [0.15, 0.2) is 47.1 Å². The summed E-state index contributed by atoms with van der Waals surface area (Å²) in [5, 5.41) is 11.5. The average Bonchev–Trinajstić information content (AvgIpc) is 3.56. The van der Waals surface area contributed by atoms with Gasteiger partial charge in [-0.05, 0) is 62.9 Å². The molecule has 0 bridgehead atoms. The van der Waals surface area contributed by atoms with Gasteiger partial charge in [0.15, 0.2) is 16.9 Å². The second-order valence-corrected chi connectivity index (χ2v) is 15.0. The number of ether oxygens (including phenoxy) is 2. The van der Waals surface area contributed by atoms with Crippen LogP contribution in [-0.4, -0.2) is 95.4 Å². The zero-order chi connectivity index (χ0) is 39.6. The highest BCUT2D eigenvalue weighted by molar-refractivity contribution is 7.80. The number of oxime groups is 1. The highest BCUT2D eigenvalue weighted by Gasteiger charge is 2.58. The van der Waals surface area contributed by atoms with Crippen LogP contribution in [0, 0.1) is 0 Å². The van der Waals surface area contributed by atoms with E-state index in [0.717, 1.165) is 33.8 Å². The Kier molecular flexibility index (Phi) is 11.5. The van der Waals surface area contributed by atoms with Crippen molar-refractivity contribution in [1.29, 1.82) is 0 Å². The number of hydrogen-bond donors (Lipinski definition) is 6. The molecule has 0 radical (unpaired) electrons. The number of carbonyl (C=O) groups is 4. The highest BCUT2D eigenvalue weighted by atomic mass is 32.3. The first-order chi connectivity index (χ1) is 25.4. The van der Waals surface area contributed by atoms with E-state index in [-0.39, 0.29) is 29.8 Å². The first-order valence-corrected chi connectivity index (χ1v) is 18.6. The number of amides is 2. The van der Waals surface area contributed by atoms with Crippen LogP contribution < -0.4 is 37.1 Å². The van der Waals surface area contributed by atoms with Crippen molar-refractivity contribution in [2.24, 2.45) is 23.7 Å². The van der Waals surface area contributed by atoms with Crippen molar-refractivity contribution < 1.29 is 55.3 Å². The van der Waals surface area contributed by atoms with Crippen molar-refractivity contribution in [1.82, 2.24) is 15.4 Å². The average molecular weight is 791 g/mol. The van der Waals surface area contributed by atoms with E-state index in [1.165, 1.54) is 26.2 Å². The van der Waals surface area contributed by atoms with Crippen LogP contribution in [0.2, 0.25) is 0 Å². The van der Waals surface area contributed by atoms with Crippen LogP contribution >= 0.6 is 11.3 Å². The molecule has 22 heteroatoms. The molecule has 3 aromatic rings. The number of aromatic nitrogens is 2. The molecule has 1 saturated heterocycles. The van der Waals surface area contributed by atoms with E-state index in [1.807, 2.05) is 42.1 Å². The highest BCUT2D eigenvalue weighted by Crippen LogP contribution is 2.37. The lowest BCUT2D eigenvalue weighted by Crippen LogP contribution is -2.76. The Hall–Kier alpha value is -5.26. The summed E-state index contributed by atoms with van der Waals surface area (Å²) in [6.07, 6.45) is 1.46. The van der Waals surface area contributed by atoms with E-state index in [2.05, 4.69) is 29.8 Å². The Bertz CT molecular complexity index is 2090. The van der Waals surface area contributed by atoms with Gasteiger partial charge in [-0.2, -0.15) is 13.5 Å². The van der Waals surface area contributed by atoms with Crippen molar-refractivity contribution in [3.05, 3.63) is 53.2 Å². The molecule has 2 aromatic heterocycles. The molecule has 0 spiro atoms. The number of esters is 1. The van der Waals surface area contributed by atoms with E-state index >= 15 is 0 Å². The summed E-state index contributed by atoms with van der Waals surface area (Å²) in [5.41, 5.74) is 15.8. The Morgan fingerprint density at radius 1 is 1.26 bits per heavy atom. The smallest absolute Gasteiger partial charge is 0.418 e. The minimum atomic E-state index is -5.05. The van der Waals surface area contributed by atoms with Crippen LogP contribution in [0.25, 0.3) is 11.1 Å². The summed E-state index contributed by atoms with van der Waals surface area (Å²) in [7, 11) is -3.16. The first-order valence-electron chi connectivity index (χ1n) is 16.3. The number of hydrogen-bond acceptors (Lipinski definition) is 17. The Morgan fingerprint density at radius 2 is 1.96 bits per heavy atom. The topological polar surface area (TPSA) is 294 Å². The largest absolute Gasteiger partial charge is 0.485 e. The molecule has 0 saturated carbocycles. The fraction of sp³-hybridized carbons (Fsp3) is 0.406. The molecule has 1 fully saturated rings. The monoisotopic (exact) mass is 790 g/mol. The fourth-order valence-electron chi connectivity index (χ4n) is 5.86. The molecule has 20 nitrogen and oxygen atoms in total. The van der Waals surface area contributed by atoms with E-state index < -0.39 is 57.2 Å². The van der Waals surface area contributed by atoms with Crippen molar-refractivity contribution in [2.45, 2.75) is 62.9 Å². The quantitative estimate of drug-likeness (QED) is 0.0163. The normalized spacial score (nSPS) is 19.1. The van der Waals surface area contributed by atoms with Gasteiger partial charge < -0.3 is 36.8 Å². The summed E-state index contributed by atoms with van der Waals surface area (Å²) in [5.74, 6) is -1.96. The molecule has 2 aliphatic heterocycles. The van der Waals surface area contributed by atoms with Crippen molar-refractivity contribution >= 4 is 62.7 Å². The zero-order valence-corrected chi connectivity index (χ0v) is 31.2. The predicted octanol–water partition coefficient (Wildman–Crippen LogP) is -0.672. The molecule has 1 aromatic carbocycles. The summed E-state index contributed by atoms with van der Waals surface area (Å²) >= 11 is 0.953. The maximum Gasteiger partial charge on any atom is 0.418 e. The number of aryl methyl sites for hydroxylation is 2. The van der Waals surface area contributed by atoms with E-state index in [4.69, 9.17) is 31.3 Å². The number of fused-ring (bicyclic) bond motifs is 1. The molecule has 3 atom stereocenters. The Balaban J connectivity index is 1.39. The van der Waals surface area contributed by atoms with Crippen LogP contribution in [-0.2, 0) is 56.9 Å². The Labute approximate surface area is 313 Å². The van der Waals surface area contributed by atoms with E-state index in [1.54, 1.807) is 6.07 Å². The van der Waals surface area contributed by atoms with Gasteiger partial charge in [-0.15, -0.1) is 15.6 Å². The van der Waals surface area contributed by atoms with Crippen LogP contribution in [0.1, 0.15) is 38.4 Å². The summed E-state index contributed by atoms with van der Waals surface area (Å²) < 4.78 is 48.7. The zero-order valence-electron chi connectivity index (χ0n) is 29.5. The lowest BCUT2D eigenvalue weighted by molar-refractivity contribution is -0.656. The lowest BCUT2D eigenvalue weighted by Gasteiger charge is -2.50. The number of hydroxylamine groups is 2. The molecule has 9 N–H and O–H groups in total. The summed E-state index contributed by atoms with van der Waals surface area (Å²) in [6, 6.07) is 7.97. The molecular weight excluding hydrogens is 751 g/mol. The number of β-lactam (4-membered cyclic amide) rings is 1. The standard InChI is InChI=1S/C32H39N9O11S2/c1-31(2)26(28(44)41(31)52-54(46,47)48)38-27(43)25(21-15-53-30(35)37-21)39-51-32(3,29(45)49-16-42)23-9-6-18-11-17(5-8-22(18)50-23)19-7-10-24(40(4)14-19)36-20(12-33)13-34/h5,7-8,10-11,14-16,20,23,26H,6,9,12-13,33-34H2,1-4H3,(H4,35,37,38,43,46,47,48)/p+1/b39-25-/t23-,26-,32+/m1/s1. The number of carbonyl (C=O) groups excluding carboxylic acids is 4. The fourth-order valence-corrected chi connectivity index (χ4v) is 6.86. The molecular formula is C32H40N9O11S2+. The number of nitrogen functional groups attached to an aromatic ring is 1. The van der Waals surface area contributed by atoms with Gasteiger partial charge in [-0.3, -0.25) is 24.3 Å². The van der Waals surface area contributed by atoms with Crippen LogP contribution in [0.4, 0.5) is 10.9 Å². The minimum absolute atomic E-state index is 0.0428. The molecule has 290 valence electrons. The van der Waals surface area contributed by atoms with Gasteiger partial charge in [-0.1, -0.05) is 11.2 Å². The maximum absolute atomic E-state index is 13.6. The molecule has 4 heterocycles. The third kappa shape index (κ3) is 8.27. The van der Waals surface area contributed by atoms with Crippen molar-refractivity contribution in [2.75, 3.05) is 24.1 Å². The number of benzene rings is 1. The minimum Gasteiger partial charge on any atom is -0.485 e. The van der Waals surface area contributed by atoms with Crippen molar-refractivity contribution in [3.63, 3.8) is 0 Å². The number of nitrogens with one attached hydrogen (secondary N) is 2. The molecule has 0 unspecified atom stereocenters. The second kappa shape index (κ2) is 15.6. The Morgan fingerprint density at radius 3 is 2.56 bits per heavy atom. The molecule has 5 rings (SSSR count). The molecule has 2 amide bonds. The van der Waals surface area contributed by atoms with Gasteiger partial charge in [-0.25, -0.2) is 14.3 Å². The number of nitrogens with two attached hydrogens (primary N) is 3. The number of nitrogens with zero attached hydrogens (tertiary/aromatic N) is 4. The lowest BCUT2D eigenvalue weighted by atomic mass is 9.84. The van der Waals surface area contributed by atoms with Gasteiger partial charge in [0.05, 0.1) is 18.8 Å². The third-order valence-electron chi connectivity index (χ3n) is 9.00. The summed E-state index contributed by atoms with van der Waals surface area (Å²) in [4.78, 5) is 60.7. The maximum atomic E-state index is 13.6. The molecule has 54 heavy (non-hydrogen) atoms. The molecule has 0 aliphatic carbocycles. The van der Waals surface area contributed by atoms with E-state index in [0.29, 0.717) is 30.3 Å². The summed E-state index contributed by atoms with van der Waals surface area (Å²) in [6.45, 7) is 4.68. The number of thiazole rings is 1. The van der Waals surface area contributed by atoms with Crippen molar-refractivity contribution in [3.8, 4) is 16.9 Å². The first kappa shape index (κ1) is 39.9. The number of pyridine rings is 1. The van der Waals surface area contributed by atoms with Crippen LogP contribution in [0.5, 0.6) is 5.75 Å². The van der Waals surface area contributed by atoms with Gasteiger partial charge in [0.25, 0.3) is 23.2 Å². The number of rotatable bonds is 15. The van der Waals surface area contributed by atoms with E-state index in [9.17, 15) is 27.6 Å². The molecule has 2 aliphatic rings. The third-order valence-corrected chi connectivity index (χ3v) is 10.0. The van der Waals surface area contributed by atoms with Crippen LogP contribution in [0.3, 0.4) is 0 Å². The second-order valence-electron chi connectivity index (χ2n) is 13.1. The predicted molar refractivity (Wildman–Crippen MR) is 192 cm³/mol. The SMILES string of the molecule is C[n+]1cc(-c2ccc3c(c2)CC[C@H]([C@](C)(O/N=C(\C(=O)N[C@@H]2C(=O)N(OS(=O)(=O)O)C2(C)C)c2csc(N)n2)C(=O)OC=O)O3)ccc1NC(CN)CN.